The molecule has 1 aliphatic heterocycles. The largest absolute Gasteiger partial charge is 0.391 e. The zero-order valence-electron chi connectivity index (χ0n) is 13.5. The normalized spacial score (nSPS) is 19.6. The fraction of sp³-hybridized carbons (Fsp3) is 0.706. The second-order valence-electron chi connectivity index (χ2n) is 7.20. The van der Waals surface area contributed by atoms with Crippen LogP contribution in [0.25, 0.3) is 0 Å². The molecule has 21 heavy (non-hydrogen) atoms. The minimum atomic E-state index is -0.285. The summed E-state index contributed by atoms with van der Waals surface area (Å²) in [6, 6.07) is 4.71. The maximum atomic E-state index is 10.1. The summed E-state index contributed by atoms with van der Waals surface area (Å²) in [5.41, 5.74) is 1.29. The molecule has 1 aromatic rings. The second-order valence-corrected chi connectivity index (χ2v) is 7.20. The Morgan fingerprint density at radius 2 is 1.90 bits per heavy atom. The van der Waals surface area contributed by atoms with Gasteiger partial charge in [0.05, 0.1) is 6.10 Å². The third kappa shape index (κ3) is 5.38. The molecule has 1 fully saturated rings. The molecule has 2 N–H and O–H groups in total. The molecule has 1 atom stereocenters. The number of aliphatic hydroxyl groups is 1. The van der Waals surface area contributed by atoms with E-state index in [4.69, 9.17) is 0 Å². The van der Waals surface area contributed by atoms with Crippen LogP contribution in [0.4, 0.5) is 0 Å². The summed E-state index contributed by atoms with van der Waals surface area (Å²) in [5, 5.41) is 13.6. The number of hydrogen-bond acceptors (Lipinski definition) is 4. The minimum absolute atomic E-state index is 0.0466. The third-order valence-electron chi connectivity index (χ3n) is 4.34. The second kappa shape index (κ2) is 7.34. The van der Waals surface area contributed by atoms with Gasteiger partial charge in [0.15, 0.2) is 0 Å². The third-order valence-corrected chi connectivity index (χ3v) is 4.34. The van der Waals surface area contributed by atoms with E-state index in [0.29, 0.717) is 12.6 Å². The Morgan fingerprint density at radius 3 is 2.48 bits per heavy atom. The SMILES string of the molecule is CC(C)(C)C(O)CNC1CCN(Cc2ccncc2)CC1. The van der Waals surface area contributed by atoms with Crippen molar-refractivity contribution in [3.8, 4) is 0 Å². The first kappa shape index (κ1) is 16.4. The highest BCUT2D eigenvalue weighted by atomic mass is 16.3. The van der Waals surface area contributed by atoms with Crippen molar-refractivity contribution in [2.45, 2.75) is 52.3 Å². The molecule has 0 radical (unpaired) electrons. The van der Waals surface area contributed by atoms with Crippen molar-refractivity contribution in [1.82, 2.24) is 15.2 Å². The smallest absolute Gasteiger partial charge is 0.0712 e. The standard InChI is InChI=1S/C17H29N3O/c1-17(2,3)16(21)12-19-15-6-10-20(11-7-15)13-14-4-8-18-9-5-14/h4-5,8-9,15-16,19,21H,6-7,10-13H2,1-3H3. The van der Waals surface area contributed by atoms with Crippen molar-refractivity contribution in [2.24, 2.45) is 5.41 Å². The van der Waals surface area contributed by atoms with Crippen LogP contribution in [-0.2, 0) is 6.54 Å². The lowest BCUT2D eigenvalue weighted by Crippen LogP contribution is -2.46. The van der Waals surface area contributed by atoms with Gasteiger partial charge >= 0.3 is 0 Å². The number of aromatic nitrogens is 1. The molecule has 0 aliphatic carbocycles. The average molecular weight is 291 g/mol. The lowest BCUT2D eigenvalue weighted by atomic mass is 9.89. The van der Waals surface area contributed by atoms with E-state index < -0.39 is 0 Å². The highest BCUT2D eigenvalue weighted by Gasteiger charge is 2.24. The summed E-state index contributed by atoms with van der Waals surface area (Å²) in [4.78, 5) is 6.55. The average Bonchev–Trinajstić information content (AvgIpc) is 2.46. The van der Waals surface area contributed by atoms with Crippen molar-refractivity contribution < 1.29 is 5.11 Å². The Labute approximate surface area is 128 Å². The first-order valence-electron chi connectivity index (χ1n) is 7.98. The van der Waals surface area contributed by atoms with Crippen LogP contribution < -0.4 is 5.32 Å². The minimum Gasteiger partial charge on any atom is -0.391 e. The topological polar surface area (TPSA) is 48.4 Å². The lowest BCUT2D eigenvalue weighted by molar-refractivity contribution is 0.0571. The Hall–Kier alpha value is -0.970. The van der Waals surface area contributed by atoms with Crippen LogP contribution in [-0.4, -0.2) is 46.8 Å². The molecule has 1 aliphatic rings. The van der Waals surface area contributed by atoms with Gasteiger partial charge in [0, 0.05) is 31.5 Å². The highest BCUT2D eigenvalue weighted by Crippen LogP contribution is 2.19. The van der Waals surface area contributed by atoms with Crippen molar-refractivity contribution in [3.05, 3.63) is 30.1 Å². The summed E-state index contributed by atoms with van der Waals surface area (Å²) in [5.74, 6) is 0. The van der Waals surface area contributed by atoms with Crippen LogP contribution in [0, 0.1) is 5.41 Å². The molecule has 0 spiro atoms. The molecule has 0 amide bonds. The summed E-state index contributed by atoms with van der Waals surface area (Å²) in [6.45, 7) is 10.2. The number of hydrogen-bond donors (Lipinski definition) is 2. The van der Waals surface area contributed by atoms with Crippen molar-refractivity contribution in [3.63, 3.8) is 0 Å². The van der Waals surface area contributed by atoms with Gasteiger partial charge in [-0.15, -0.1) is 0 Å². The molecule has 0 bridgehead atoms. The van der Waals surface area contributed by atoms with Gasteiger partial charge in [0.2, 0.25) is 0 Å². The zero-order chi connectivity index (χ0) is 15.3. The van der Waals surface area contributed by atoms with Gasteiger partial charge in [-0.05, 0) is 49.0 Å². The number of nitrogens with zero attached hydrogens (tertiary/aromatic N) is 2. The van der Waals surface area contributed by atoms with Crippen LogP contribution >= 0.6 is 0 Å². The van der Waals surface area contributed by atoms with E-state index in [1.54, 1.807) is 0 Å². The van der Waals surface area contributed by atoms with Crippen LogP contribution in [0.1, 0.15) is 39.2 Å². The fourth-order valence-electron chi connectivity index (χ4n) is 2.63. The van der Waals surface area contributed by atoms with Crippen molar-refractivity contribution in [2.75, 3.05) is 19.6 Å². The van der Waals surface area contributed by atoms with E-state index in [9.17, 15) is 5.11 Å². The molecule has 118 valence electrons. The Balaban J connectivity index is 1.69. The predicted octanol–water partition coefficient (Wildman–Crippen LogP) is 2.04. The van der Waals surface area contributed by atoms with Gasteiger partial charge in [-0.2, -0.15) is 0 Å². The molecule has 2 rings (SSSR count). The van der Waals surface area contributed by atoms with E-state index in [2.05, 4.69) is 48.1 Å². The van der Waals surface area contributed by atoms with Gasteiger partial charge < -0.3 is 10.4 Å². The molecule has 0 saturated carbocycles. The van der Waals surface area contributed by atoms with Crippen LogP contribution in [0.3, 0.4) is 0 Å². The van der Waals surface area contributed by atoms with Crippen LogP contribution in [0.15, 0.2) is 24.5 Å². The predicted molar refractivity (Wildman–Crippen MR) is 86.0 cm³/mol. The van der Waals surface area contributed by atoms with Gasteiger partial charge in [-0.25, -0.2) is 0 Å². The Morgan fingerprint density at radius 1 is 1.29 bits per heavy atom. The monoisotopic (exact) mass is 291 g/mol. The molecular formula is C17H29N3O. The van der Waals surface area contributed by atoms with E-state index >= 15 is 0 Å². The molecule has 1 unspecified atom stereocenters. The quantitative estimate of drug-likeness (QED) is 0.871. The van der Waals surface area contributed by atoms with Gasteiger partial charge in [-0.3, -0.25) is 9.88 Å². The first-order chi connectivity index (χ1) is 9.95. The van der Waals surface area contributed by atoms with Gasteiger partial charge in [0.25, 0.3) is 0 Å². The van der Waals surface area contributed by atoms with E-state index in [-0.39, 0.29) is 11.5 Å². The molecular weight excluding hydrogens is 262 g/mol. The van der Waals surface area contributed by atoms with Crippen molar-refractivity contribution in [1.29, 1.82) is 0 Å². The summed E-state index contributed by atoms with van der Waals surface area (Å²) >= 11 is 0. The number of pyridine rings is 1. The molecule has 2 heterocycles. The number of likely N-dealkylation sites (tertiary alicyclic amines) is 1. The van der Waals surface area contributed by atoms with E-state index in [1.165, 1.54) is 5.56 Å². The number of rotatable bonds is 5. The van der Waals surface area contributed by atoms with Crippen LogP contribution in [0.5, 0.6) is 0 Å². The molecule has 4 heteroatoms. The highest BCUT2D eigenvalue weighted by molar-refractivity contribution is 5.09. The molecule has 0 aromatic carbocycles. The summed E-state index contributed by atoms with van der Waals surface area (Å²) < 4.78 is 0. The van der Waals surface area contributed by atoms with E-state index in [0.717, 1.165) is 32.5 Å². The number of aliphatic hydroxyl groups excluding tert-OH is 1. The lowest BCUT2D eigenvalue weighted by Gasteiger charge is -2.34. The molecule has 4 nitrogen and oxygen atoms in total. The van der Waals surface area contributed by atoms with Gasteiger partial charge in [0.1, 0.15) is 0 Å². The van der Waals surface area contributed by atoms with Gasteiger partial charge in [-0.1, -0.05) is 20.8 Å². The van der Waals surface area contributed by atoms with Crippen LogP contribution in [0.2, 0.25) is 0 Å². The summed E-state index contributed by atoms with van der Waals surface area (Å²) in [7, 11) is 0. The molecule has 1 saturated heterocycles. The molecule has 1 aromatic heterocycles. The van der Waals surface area contributed by atoms with Crippen molar-refractivity contribution >= 4 is 0 Å². The fourth-order valence-corrected chi connectivity index (χ4v) is 2.63. The maximum Gasteiger partial charge on any atom is 0.0712 e. The zero-order valence-corrected chi connectivity index (χ0v) is 13.5. The van der Waals surface area contributed by atoms with E-state index in [1.807, 2.05) is 12.4 Å². The Kier molecular flexibility index (Phi) is 5.73. The Bertz CT molecular complexity index is 408. The maximum absolute atomic E-state index is 10.1. The number of nitrogens with one attached hydrogen (secondary N) is 1. The summed E-state index contributed by atoms with van der Waals surface area (Å²) in [6.07, 6.45) is 5.74. The number of piperidine rings is 1. The first-order valence-corrected chi connectivity index (χ1v) is 7.98.